The van der Waals surface area contributed by atoms with Crippen molar-refractivity contribution in [1.82, 2.24) is 15.1 Å². The van der Waals surface area contributed by atoms with Crippen LogP contribution in [-0.2, 0) is 13.1 Å². The van der Waals surface area contributed by atoms with E-state index >= 15 is 0 Å². The molecule has 1 aromatic heterocycles. The third kappa shape index (κ3) is 3.33. The van der Waals surface area contributed by atoms with Crippen LogP contribution in [0.3, 0.4) is 0 Å². The molecule has 4 heteroatoms. The topological polar surface area (TPSA) is 50.1 Å². The third-order valence-electron chi connectivity index (χ3n) is 3.86. The van der Waals surface area contributed by atoms with Gasteiger partial charge >= 0.3 is 0 Å². The third-order valence-corrected chi connectivity index (χ3v) is 3.86. The van der Waals surface area contributed by atoms with Crippen LogP contribution in [0.15, 0.2) is 0 Å². The van der Waals surface area contributed by atoms with Crippen LogP contribution in [0.25, 0.3) is 0 Å². The number of aromatic nitrogens is 2. The van der Waals surface area contributed by atoms with Crippen LogP contribution in [0.2, 0.25) is 0 Å². The van der Waals surface area contributed by atoms with E-state index in [9.17, 15) is 5.11 Å². The van der Waals surface area contributed by atoms with Crippen molar-refractivity contribution in [3.05, 3.63) is 17.0 Å². The van der Waals surface area contributed by atoms with Crippen molar-refractivity contribution in [2.75, 3.05) is 6.54 Å². The molecule has 104 valence electrons. The molecular formula is C14H27N3O. The Morgan fingerprint density at radius 1 is 1.39 bits per heavy atom. The quantitative estimate of drug-likeness (QED) is 0.815. The van der Waals surface area contributed by atoms with Crippen molar-refractivity contribution in [2.45, 2.75) is 60.2 Å². The maximum Gasteiger partial charge on any atom is 0.0766 e. The smallest absolute Gasteiger partial charge is 0.0766 e. The van der Waals surface area contributed by atoms with Gasteiger partial charge in [-0.2, -0.15) is 5.10 Å². The predicted octanol–water partition coefficient (Wildman–Crippen LogP) is 2.02. The lowest BCUT2D eigenvalue weighted by Gasteiger charge is -2.28. The first-order chi connectivity index (χ1) is 8.29. The Balaban J connectivity index is 2.62. The summed E-state index contributed by atoms with van der Waals surface area (Å²) in [5.74, 6) is 0.241. The largest absolute Gasteiger partial charge is 0.389 e. The van der Waals surface area contributed by atoms with Crippen molar-refractivity contribution in [3.63, 3.8) is 0 Å². The van der Waals surface area contributed by atoms with Gasteiger partial charge in [0.2, 0.25) is 0 Å². The Labute approximate surface area is 110 Å². The molecule has 0 radical (unpaired) electrons. The number of nitrogens with zero attached hydrogens (tertiary/aromatic N) is 2. The van der Waals surface area contributed by atoms with Crippen LogP contribution in [0.4, 0.5) is 0 Å². The standard InChI is InChI=1S/C14H27N3O/c1-7-17-12(5)13(11(4)16-17)8-15-9-14(6,18)10(2)3/h10,15,18H,7-9H2,1-6H3. The molecule has 1 unspecified atom stereocenters. The van der Waals surface area contributed by atoms with Crippen LogP contribution in [0.1, 0.15) is 44.6 Å². The lowest BCUT2D eigenvalue weighted by atomic mass is 9.92. The Morgan fingerprint density at radius 3 is 2.44 bits per heavy atom. The fraction of sp³-hybridized carbons (Fsp3) is 0.786. The van der Waals surface area contributed by atoms with E-state index in [1.54, 1.807) is 0 Å². The summed E-state index contributed by atoms with van der Waals surface area (Å²) in [5.41, 5.74) is 2.87. The minimum absolute atomic E-state index is 0.241. The fourth-order valence-electron chi connectivity index (χ4n) is 1.94. The number of rotatable bonds is 6. The summed E-state index contributed by atoms with van der Waals surface area (Å²) in [4.78, 5) is 0. The van der Waals surface area contributed by atoms with Gasteiger partial charge in [-0.15, -0.1) is 0 Å². The SMILES string of the molecule is CCn1nc(C)c(CNCC(C)(O)C(C)C)c1C. The molecular weight excluding hydrogens is 226 g/mol. The Hall–Kier alpha value is -0.870. The maximum absolute atomic E-state index is 10.2. The van der Waals surface area contributed by atoms with Gasteiger partial charge in [0.15, 0.2) is 0 Å². The lowest BCUT2D eigenvalue weighted by Crippen LogP contribution is -2.42. The highest BCUT2D eigenvalue weighted by Gasteiger charge is 2.24. The van der Waals surface area contributed by atoms with Gasteiger partial charge in [0.25, 0.3) is 0 Å². The molecule has 0 aliphatic heterocycles. The monoisotopic (exact) mass is 253 g/mol. The van der Waals surface area contributed by atoms with Crippen molar-refractivity contribution >= 4 is 0 Å². The molecule has 0 saturated heterocycles. The summed E-state index contributed by atoms with van der Waals surface area (Å²) in [6, 6.07) is 0. The lowest BCUT2D eigenvalue weighted by molar-refractivity contribution is 0.0139. The molecule has 0 saturated carbocycles. The Morgan fingerprint density at radius 2 is 2.00 bits per heavy atom. The molecule has 0 spiro atoms. The second-order valence-corrected chi connectivity index (χ2v) is 5.58. The molecule has 0 fully saturated rings. The van der Waals surface area contributed by atoms with E-state index in [0.29, 0.717) is 6.54 Å². The van der Waals surface area contributed by atoms with Crippen LogP contribution in [0, 0.1) is 19.8 Å². The number of hydrogen-bond donors (Lipinski definition) is 2. The first-order valence-electron chi connectivity index (χ1n) is 6.75. The van der Waals surface area contributed by atoms with Crippen molar-refractivity contribution in [2.24, 2.45) is 5.92 Å². The Bertz CT molecular complexity index is 394. The van der Waals surface area contributed by atoms with Gasteiger partial charge in [-0.1, -0.05) is 13.8 Å². The van der Waals surface area contributed by atoms with Crippen LogP contribution >= 0.6 is 0 Å². The number of aryl methyl sites for hydroxylation is 2. The number of nitrogens with one attached hydrogen (secondary N) is 1. The van der Waals surface area contributed by atoms with Crippen LogP contribution in [-0.4, -0.2) is 27.0 Å². The van der Waals surface area contributed by atoms with Gasteiger partial charge in [-0.05, 0) is 33.6 Å². The summed E-state index contributed by atoms with van der Waals surface area (Å²) < 4.78 is 2.02. The average molecular weight is 253 g/mol. The van der Waals surface area contributed by atoms with E-state index < -0.39 is 5.60 Å². The first kappa shape index (κ1) is 15.2. The highest BCUT2D eigenvalue weighted by atomic mass is 16.3. The minimum Gasteiger partial charge on any atom is -0.389 e. The molecule has 1 rings (SSSR count). The van der Waals surface area contributed by atoms with Crippen LogP contribution < -0.4 is 5.32 Å². The summed E-state index contributed by atoms with van der Waals surface area (Å²) >= 11 is 0. The molecule has 0 aliphatic carbocycles. The molecule has 1 atom stereocenters. The molecule has 4 nitrogen and oxygen atoms in total. The van der Waals surface area contributed by atoms with Gasteiger partial charge in [0.05, 0.1) is 11.3 Å². The van der Waals surface area contributed by atoms with E-state index in [1.807, 2.05) is 32.4 Å². The number of aliphatic hydroxyl groups is 1. The van der Waals surface area contributed by atoms with Crippen molar-refractivity contribution < 1.29 is 5.11 Å². The van der Waals surface area contributed by atoms with Gasteiger partial charge in [0, 0.05) is 30.9 Å². The highest BCUT2D eigenvalue weighted by Crippen LogP contribution is 2.16. The minimum atomic E-state index is -0.664. The zero-order valence-corrected chi connectivity index (χ0v) is 12.5. The zero-order chi connectivity index (χ0) is 13.9. The summed E-state index contributed by atoms with van der Waals surface area (Å²) in [6.07, 6.45) is 0. The van der Waals surface area contributed by atoms with E-state index in [2.05, 4.69) is 24.3 Å². The van der Waals surface area contributed by atoms with E-state index in [0.717, 1.165) is 18.8 Å². The molecule has 1 aromatic rings. The fourth-order valence-corrected chi connectivity index (χ4v) is 1.94. The molecule has 18 heavy (non-hydrogen) atoms. The summed E-state index contributed by atoms with van der Waals surface area (Å²) in [6.45, 7) is 14.4. The summed E-state index contributed by atoms with van der Waals surface area (Å²) in [7, 11) is 0. The van der Waals surface area contributed by atoms with Crippen molar-refractivity contribution in [1.29, 1.82) is 0 Å². The molecule has 0 bridgehead atoms. The number of hydrogen-bond acceptors (Lipinski definition) is 3. The molecule has 1 heterocycles. The van der Waals surface area contributed by atoms with E-state index in [-0.39, 0.29) is 5.92 Å². The zero-order valence-electron chi connectivity index (χ0n) is 12.5. The van der Waals surface area contributed by atoms with Crippen molar-refractivity contribution in [3.8, 4) is 0 Å². The second kappa shape index (κ2) is 5.85. The highest BCUT2D eigenvalue weighted by molar-refractivity contribution is 5.24. The molecule has 0 aliphatic rings. The summed E-state index contributed by atoms with van der Waals surface area (Å²) in [5, 5.41) is 18.0. The first-order valence-corrected chi connectivity index (χ1v) is 6.75. The van der Waals surface area contributed by atoms with Gasteiger partial charge in [-0.3, -0.25) is 4.68 Å². The molecule has 2 N–H and O–H groups in total. The van der Waals surface area contributed by atoms with Crippen LogP contribution in [0.5, 0.6) is 0 Å². The average Bonchev–Trinajstić information content (AvgIpc) is 2.55. The van der Waals surface area contributed by atoms with E-state index in [4.69, 9.17) is 0 Å². The molecule has 0 aromatic carbocycles. The maximum atomic E-state index is 10.2. The predicted molar refractivity (Wildman–Crippen MR) is 74.5 cm³/mol. The van der Waals surface area contributed by atoms with Gasteiger partial charge in [-0.25, -0.2) is 0 Å². The normalized spacial score (nSPS) is 15.1. The van der Waals surface area contributed by atoms with E-state index in [1.165, 1.54) is 11.3 Å². The van der Waals surface area contributed by atoms with Gasteiger partial charge in [0.1, 0.15) is 0 Å². The Kier molecular flexibility index (Phi) is 4.93. The molecule has 0 amide bonds. The second-order valence-electron chi connectivity index (χ2n) is 5.58. The van der Waals surface area contributed by atoms with Gasteiger partial charge < -0.3 is 10.4 Å².